The molecule has 0 bridgehead atoms. The van der Waals surface area contributed by atoms with Gasteiger partial charge in [0.15, 0.2) is 0 Å². The van der Waals surface area contributed by atoms with Gasteiger partial charge < -0.3 is 4.74 Å². The van der Waals surface area contributed by atoms with Crippen molar-refractivity contribution in [2.75, 3.05) is 4.31 Å². The Bertz CT molecular complexity index is 1440. The molecule has 40 heavy (non-hydrogen) atoms. The molecule has 12 heteroatoms. The third-order valence-corrected chi connectivity index (χ3v) is 7.65. The molecule has 5 rings (SSSR count). The zero-order chi connectivity index (χ0) is 28.3. The molecule has 0 unspecified atom stereocenters. The number of fused-ring (bicyclic) bond motifs is 1. The van der Waals surface area contributed by atoms with Gasteiger partial charge in [0.05, 0.1) is 6.54 Å². The molecule has 1 saturated carbocycles. The molecule has 1 aromatic heterocycles. The molecule has 4 aromatic rings. The van der Waals surface area contributed by atoms with Crippen LogP contribution in [0.1, 0.15) is 35.4 Å². The number of rotatable bonds is 10. The van der Waals surface area contributed by atoms with E-state index in [9.17, 15) is 26.3 Å². The molecule has 3 aromatic carbocycles. The lowest BCUT2D eigenvalue weighted by atomic mass is 10.0. The van der Waals surface area contributed by atoms with Crippen LogP contribution in [0, 0.1) is 0 Å². The van der Waals surface area contributed by atoms with Gasteiger partial charge in [0.25, 0.3) is 0 Å². The summed E-state index contributed by atoms with van der Waals surface area (Å²) in [4.78, 5) is 5.65. The molecule has 1 N–H and O–H groups in total. The molecule has 0 radical (unpaired) electrons. The van der Waals surface area contributed by atoms with Crippen LogP contribution in [0.2, 0.25) is 0 Å². The fourth-order valence-electron chi connectivity index (χ4n) is 4.26. The van der Waals surface area contributed by atoms with E-state index in [4.69, 9.17) is 4.98 Å². The highest BCUT2D eigenvalue weighted by Crippen LogP contribution is 2.48. The van der Waals surface area contributed by atoms with Gasteiger partial charge in [-0.2, -0.15) is 13.2 Å². The van der Waals surface area contributed by atoms with E-state index in [0.29, 0.717) is 18.0 Å². The molecule has 1 heterocycles. The summed E-state index contributed by atoms with van der Waals surface area (Å²) >= 11 is 1.12. The smallest absolute Gasteiger partial charge is 0.406 e. The van der Waals surface area contributed by atoms with Crippen molar-refractivity contribution in [1.29, 1.82) is 0 Å². The van der Waals surface area contributed by atoms with Crippen molar-refractivity contribution in [3.63, 3.8) is 0 Å². The number of ether oxygens (including phenoxy) is 1. The summed E-state index contributed by atoms with van der Waals surface area (Å²) < 4.78 is 83.4. The first-order valence-electron chi connectivity index (χ1n) is 12.3. The van der Waals surface area contributed by atoms with Gasteiger partial charge in [-0.25, -0.2) is 4.98 Å². The van der Waals surface area contributed by atoms with Crippen LogP contribution in [0.4, 0.5) is 32.2 Å². The zero-order valence-corrected chi connectivity index (χ0v) is 22.4. The summed E-state index contributed by atoms with van der Waals surface area (Å²) in [5.74, 6) is 0.832. The number of hydrogen-bond donors (Lipinski definition) is 1. The van der Waals surface area contributed by atoms with Crippen LogP contribution in [-0.2, 0) is 13.1 Å². The second-order valence-electron chi connectivity index (χ2n) is 9.19. The minimum atomic E-state index is -4.77. The summed E-state index contributed by atoms with van der Waals surface area (Å²) in [5.41, 5.74) is -1.79. The lowest BCUT2D eigenvalue weighted by molar-refractivity contribution is -0.274. The third-order valence-electron chi connectivity index (χ3n) is 6.13. The normalized spacial score (nSPS) is 13.9. The number of aromatic nitrogens is 1. The van der Waals surface area contributed by atoms with Gasteiger partial charge in [-0.15, -0.1) is 13.2 Å². The van der Waals surface area contributed by atoms with Gasteiger partial charge >= 0.3 is 11.9 Å². The van der Waals surface area contributed by atoms with Gasteiger partial charge in [-0.1, -0.05) is 48.5 Å². The minimum absolute atomic E-state index is 0.0449. The van der Waals surface area contributed by atoms with Crippen molar-refractivity contribution in [3.8, 4) is 5.75 Å². The highest BCUT2D eigenvalue weighted by Gasteiger charge is 2.32. The van der Waals surface area contributed by atoms with Crippen LogP contribution in [-0.4, -0.2) is 16.9 Å². The monoisotopic (exact) mass is 595 g/mol. The Labute approximate surface area is 235 Å². The van der Waals surface area contributed by atoms with Gasteiger partial charge in [0.1, 0.15) is 11.6 Å². The molecule has 210 valence electrons. The summed E-state index contributed by atoms with van der Waals surface area (Å²) in [6.07, 6.45) is -0.868. The Morgan fingerprint density at radius 3 is 2.20 bits per heavy atom. The molecule has 0 amide bonds. The van der Waals surface area contributed by atoms with Crippen LogP contribution >= 0.6 is 23.9 Å². The standard InChI is InChI=1S/C28H23F6N3OS2/c29-27(30,31)38-22-11-5-19(6-12-22)17-37(39-23-13-7-18(8-14-23)15-36-40-28(32,33)34)26-25(20-9-10-20)24-4-2-1-3-21(24)16-35-26/h1-8,11-14,16,20,36H,9-10,15,17H2. The second kappa shape index (κ2) is 11.8. The zero-order valence-electron chi connectivity index (χ0n) is 20.8. The van der Waals surface area contributed by atoms with E-state index in [-0.39, 0.29) is 24.2 Å². The number of alkyl halides is 6. The van der Waals surface area contributed by atoms with E-state index in [1.807, 2.05) is 40.8 Å². The Morgan fingerprint density at radius 1 is 0.875 bits per heavy atom. The molecular formula is C28H23F6N3OS2. The fourth-order valence-corrected chi connectivity index (χ4v) is 5.62. The second-order valence-corrected chi connectivity index (χ2v) is 11.2. The fraction of sp³-hybridized carbons (Fsp3) is 0.250. The topological polar surface area (TPSA) is 37.4 Å². The minimum Gasteiger partial charge on any atom is -0.406 e. The maximum absolute atomic E-state index is 12.6. The number of hydrogen-bond acceptors (Lipinski definition) is 6. The maximum Gasteiger partial charge on any atom is 0.573 e. The van der Waals surface area contributed by atoms with E-state index in [0.717, 1.165) is 45.5 Å². The number of halogens is 6. The van der Waals surface area contributed by atoms with Crippen LogP contribution in [0.15, 0.2) is 83.9 Å². The summed E-state index contributed by atoms with van der Waals surface area (Å²) in [5, 5.41) is 2.14. The lowest BCUT2D eigenvalue weighted by Gasteiger charge is -2.26. The molecule has 1 fully saturated rings. The summed E-state index contributed by atoms with van der Waals surface area (Å²) in [6.45, 7) is 0.386. The number of nitrogens with one attached hydrogen (secondary N) is 1. The number of nitrogens with zero attached hydrogens (tertiary/aromatic N) is 2. The molecule has 1 aliphatic rings. The SMILES string of the molecule is FC(F)(F)Oc1ccc(CN(Sc2ccc(CNSC(F)(F)F)cc2)c2ncc3ccccc3c2C2CC2)cc1. The summed E-state index contributed by atoms with van der Waals surface area (Å²) in [7, 11) is 0. The van der Waals surface area contributed by atoms with E-state index in [2.05, 4.69) is 15.5 Å². The highest BCUT2D eigenvalue weighted by atomic mass is 32.2. The summed E-state index contributed by atoms with van der Waals surface area (Å²) in [6, 6.07) is 20.9. The van der Waals surface area contributed by atoms with Gasteiger partial charge in [-0.05, 0) is 71.5 Å². The van der Waals surface area contributed by atoms with Crippen LogP contribution in [0.3, 0.4) is 0 Å². The Morgan fingerprint density at radius 2 is 1.55 bits per heavy atom. The molecule has 0 atom stereocenters. The molecule has 0 saturated heterocycles. The first-order chi connectivity index (χ1) is 19.0. The average molecular weight is 596 g/mol. The maximum atomic E-state index is 12.6. The van der Waals surface area contributed by atoms with Gasteiger partial charge in [0.2, 0.25) is 0 Å². The Balaban J connectivity index is 1.42. The molecule has 1 aliphatic carbocycles. The Kier molecular flexibility index (Phi) is 8.39. The predicted octanol–water partition coefficient (Wildman–Crippen LogP) is 8.98. The van der Waals surface area contributed by atoms with Crippen molar-refractivity contribution >= 4 is 40.5 Å². The van der Waals surface area contributed by atoms with Crippen molar-refractivity contribution in [2.45, 2.75) is 48.6 Å². The van der Waals surface area contributed by atoms with Crippen molar-refractivity contribution < 1.29 is 31.1 Å². The quantitative estimate of drug-likeness (QED) is 0.146. The molecule has 0 spiro atoms. The van der Waals surface area contributed by atoms with E-state index in [1.54, 1.807) is 24.3 Å². The molecule has 0 aliphatic heterocycles. The average Bonchev–Trinajstić information content (AvgIpc) is 3.73. The van der Waals surface area contributed by atoms with Crippen molar-refractivity contribution in [2.24, 2.45) is 0 Å². The van der Waals surface area contributed by atoms with Gasteiger partial charge in [0, 0.05) is 40.5 Å². The number of pyridine rings is 1. The van der Waals surface area contributed by atoms with Crippen LogP contribution in [0.25, 0.3) is 10.8 Å². The van der Waals surface area contributed by atoms with Crippen LogP contribution in [0.5, 0.6) is 5.75 Å². The number of benzene rings is 3. The van der Waals surface area contributed by atoms with Crippen LogP contribution < -0.4 is 13.8 Å². The predicted molar refractivity (Wildman–Crippen MR) is 146 cm³/mol. The first kappa shape index (κ1) is 28.4. The molecular weight excluding hydrogens is 572 g/mol. The van der Waals surface area contributed by atoms with Gasteiger partial charge in [-0.3, -0.25) is 9.03 Å². The third kappa shape index (κ3) is 7.76. The van der Waals surface area contributed by atoms with Crippen molar-refractivity contribution in [3.05, 3.63) is 95.7 Å². The Hall–Kier alpha value is -3.09. The largest absolute Gasteiger partial charge is 0.573 e. The van der Waals surface area contributed by atoms with E-state index >= 15 is 0 Å². The lowest BCUT2D eigenvalue weighted by Crippen LogP contribution is -2.18. The highest BCUT2D eigenvalue weighted by molar-refractivity contribution is 8.00. The van der Waals surface area contributed by atoms with Crippen molar-refractivity contribution in [1.82, 2.24) is 9.71 Å². The molecule has 4 nitrogen and oxygen atoms in total. The van der Waals surface area contributed by atoms with E-state index < -0.39 is 11.9 Å². The number of anilines is 1. The first-order valence-corrected chi connectivity index (χ1v) is 13.9. The van der Waals surface area contributed by atoms with E-state index in [1.165, 1.54) is 24.1 Å².